The van der Waals surface area contributed by atoms with Crippen molar-refractivity contribution in [3.63, 3.8) is 0 Å². The Morgan fingerprint density at radius 3 is 2.48 bits per heavy atom. The van der Waals surface area contributed by atoms with Crippen molar-refractivity contribution in [2.75, 3.05) is 0 Å². The second-order valence-electron chi connectivity index (χ2n) is 5.20. The predicted molar refractivity (Wildman–Crippen MR) is 83.6 cm³/mol. The minimum absolute atomic E-state index is 0.163. The first kappa shape index (κ1) is 14.2. The molecular formula is C17H15F2NS. The Bertz CT molecular complexity index is 746. The molecule has 4 heteroatoms. The van der Waals surface area contributed by atoms with E-state index in [4.69, 9.17) is 5.73 Å². The van der Waals surface area contributed by atoms with Crippen LogP contribution < -0.4 is 5.73 Å². The van der Waals surface area contributed by atoms with Crippen molar-refractivity contribution >= 4 is 21.4 Å². The zero-order chi connectivity index (χ0) is 14.8. The molecule has 0 saturated heterocycles. The van der Waals surface area contributed by atoms with Crippen molar-refractivity contribution in [3.8, 4) is 0 Å². The molecule has 3 rings (SSSR count). The highest BCUT2D eigenvalue weighted by Crippen LogP contribution is 2.26. The number of benzene rings is 2. The summed E-state index contributed by atoms with van der Waals surface area (Å²) in [6, 6.07) is 11.6. The molecule has 108 valence electrons. The summed E-state index contributed by atoms with van der Waals surface area (Å²) in [5.74, 6) is -1.11. The summed E-state index contributed by atoms with van der Waals surface area (Å²) in [5.41, 5.74) is 7.94. The molecule has 0 bridgehead atoms. The molecule has 0 fully saturated rings. The summed E-state index contributed by atoms with van der Waals surface area (Å²) in [7, 11) is 0. The highest BCUT2D eigenvalue weighted by Gasteiger charge is 2.11. The lowest BCUT2D eigenvalue weighted by molar-refractivity contribution is 0.574. The molecular weight excluding hydrogens is 288 g/mol. The molecule has 1 unspecified atom stereocenters. The van der Waals surface area contributed by atoms with Crippen LogP contribution in [0.15, 0.2) is 47.8 Å². The maximum absolute atomic E-state index is 13.2. The largest absolute Gasteiger partial charge is 0.327 e. The zero-order valence-electron chi connectivity index (χ0n) is 11.4. The lowest BCUT2D eigenvalue weighted by atomic mass is 9.99. The number of rotatable bonds is 4. The molecule has 0 aliphatic carbocycles. The fourth-order valence-electron chi connectivity index (χ4n) is 2.58. The first-order chi connectivity index (χ1) is 10.1. The van der Waals surface area contributed by atoms with Crippen molar-refractivity contribution in [3.05, 3.63) is 70.6 Å². The SMILES string of the molecule is NC(Cc1cc(F)cc(F)c1)Cc1csc2ccccc12. The Morgan fingerprint density at radius 2 is 1.71 bits per heavy atom. The van der Waals surface area contributed by atoms with Crippen LogP contribution in [-0.4, -0.2) is 6.04 Å². The highest BCUT2D eigenvalue weighted by atomic mass is 32.1. The molecule has 21 heavy (non-hydrogen) atoms. The molecule has 2 N–H and O–H groups in total. The van der Waals surface area contributed by atoms with Crippen LogP contribution in [0.2, 0.25) is 0 Å². The van der Waals surface area contributed by atoms with Crippen LogP contribution in [0.1, 0.15) is 11.1 Å². The van der Waals surface area contributed by atoms with E-state index >= 15 is 0 Å². The second kappa shape index (κ2) is 5.92. The Balaban J connectivity index is 1.75. The number of hydrogen-bond donors (Lipinski definition) is 1. The summed E-state index contributed by atoms with van der Waals surface area (Å²) in [6.07, 6.45) is 1.15. The van der Waals surface area contributed by atoms with Gasteiger partial charge in [-0.1, -0.05) is 18.2 Å². The fraction of sp³-hybridized carbons (Fsp3) is 0.176. The van der Waals surface area contributed by atoms with Gasteiger partial charge in [-0.05, 0) is 52.9 Å². The second-order valence-corrected chi connectivity index (χ2v) is 6.11. The number of hydrogen-bond acceptors (Lipinski definition) is 2. The van der Waals surface area contributed by atoms with Gasteiger partial charge in [0.25, 0.3) is 0 Å². The molecule has 0 aliphatic heterocycles. The number of thiophene rings is 1. The summed E-state index contributed by atoms with van der Waals surface area (Å²) in [5, 5.41) is 3.32. The summed E-state index contributed by atoms with van der Waals surface area (Å²) in [6.45, 7) is 0. The quantitative estimate of drug-likeness (QED) is 0.764. The van der Waals surface area contributed by atoms with Gasteiger partial charge < -0.3 is 5.73 Å². The van der Waals surface area contributed by atoms with E-state index in [9.17, 15) is 8.78 Å². The maximum Gasteiger partial charge on any atom is 0.126 e. The van der Waals surface area contributed by atoms with Gasteiger partial charge in [0.15, 0.2) is 0 Å². The van der Waals surface area contributed by atoms with Crippen LogP contribution in [0, 0.1) is 11.6 Å². The van der Waals surface area contributed by atoms with Crippen molar-refractivity contribution in [1.82, 2.24) is 0 Å². The van der Waals surface area contributed by atoms with Gasteiger partial charge in [0, 0.05) is 16.8 Å². The van der Waals surface area contributed by atoms with E-state index in [1.807, 2.05) is 12.1 Å². The van der Waals surface area contributed by atoms with E-state index in [0.717, 1.165) is 6.07 Å². The molecule has 1 aromatic heterocycles. The predicted octanol–water partition coefficient (Wildman–Crippen LogP) is 4.29. The molecule has 1 heterocycles. The Hall–Kier alpha value is -1.78. The summed E-state index contributed by atoms with van der Waals surface area (Å²) >= 11 is 1.69. The van der Waals surface area contributed by atoms with Crippen LogP contribution in [0.4, 0.5) is 8.78 Å². The van der Waals surface area contributed by atoms with Crippen molar-refractivity contribution in [2.24, 2.45) is 5.73 Å². The minimum atomic E-state index is -0.557. The first-order valence-corrected chi connectivity index (χ1v) is 7.65. The molecule has 0 spiro atoms. The van der Waals surface area contributed by atoms with E-state index in [-0.39, 0.29) is 6.04 Å². The summed E-state index contributed by atoms with van der Waals surface area (Å²) < 4.78 is 27.6. The van der Waals surface area contributed by atoms with E-state index < -0.39 is 11.6 Å². The first-order valence-electron chi connectivity index (χ1n) is 6.77. The van der Waals surface area contributed by atoms with E-state index in [1.165, 1.54) is 27.8 Å². The molecule has 0 amide bonds. The number of fused-ring (bicyclic) bond motifs is 1. The van der Waals surface area contributed by atoms with Gasteiger partial charge in [0.05, 0.1) is 0 Å². The van der Waals surface area contributed by atoms with Gasteiger partial charge in [-0.25, -0.2) is 8.78 Å². The lowest BCUT2D eigenvalue weighted by Gasteiger charge is -2.11. The number of nitrogens with two attached hydrogens (primary N) is 1. The van der Waals surface area contributed by atoms with E-state index in [0.29, 0.717) is 18.4 Å². The van der Waals surface area contributed by atoms with Gasteiger partial charge >= 0.3 is 0 Å². The molecule has 1 nitrogen and oxygen atoms in total. The topological polar surface area (TPSA) is 26.0 Å². The van der Waals surface area contributed by atoms with Crippen LogP contribution in [0.25, 0.3) is 10.1 Å². The average molecular weight is 303 g/mol. The van der Waals surface area contributed by atoms with Crippen molar-refractivity contribution in [1.29, 1.82) is 0 Å². The van der Waals surface area contributed by atoms with Gasteiger partial charge in [-0.15, -0.1) is 11.3 Å². The molecule has 0 aliphatic rings. The molecule has 3 aromatic rings. The van der Waals surface area contributed by atoms with Gasteiger partial charge in [-0.2, -0.15) is 0 Å². The standard InChI is InChI=1S/C17H15F2NS/c18-13-5-11(6-14(19)9-13)7-15(20)8-12-10-21-17-4-2-1-3-16(12)17/h1-6,9-10,15H,7-8,20H2. The van der Waals surface area contributed by atoms with Crippen molar-refractivity contribution < 1.29 is 8.78 Å². The monoisotopic (exact) mass is 303 g/mol. The zero-order valence-corrected chi connectivity index (χ0v) is 12.2. The normalized spacial score (nSPS) is 12.7. The minimum Gasteiger partial charge on any atom is -0.327 e. The van der Waals surface area contributed by atoms with Crippen LogP contribution in [-0.2, 0) is 12.8 Å². The third-order valence-corrected chi connectivity index (χ3v) is 4.48. The van der Waals surface area contributed by atoms with Gasteiger partial charge in [0.2, 0.25) is 0 Å². The van der Waals surface area contributed by atoms with E-state index in [2.05, 4.69) is 17.5 Å². The van der Waals surface area contributed by atoms with Gasteiger partial charge in [0.1, 0.15) is 11.6 Å². The Kier molecular flexibility index (Phi) is 3.99. The van der Waals surface area contributed by atoms with E-state index in [1.54, 1.807) is 11.3 Å². The fourth-order valence-corrected chi connectivity index (χ4v) is 3.55. The smallest absolute Gasteiger partial charge is 0.126 e. The number of halogens is 2. The van der Waals surface area contributed by atoms with Crippen LogP contribution in [0.3, 0.4) is 0 Å². The summed E-state index contributed by atoms with van der Waals surface area (Å²) in [4.78, 5) is 0. The lowest BCUT2D eigenvalue weighted by Crippen LogP contribution is -2.25. The van der Waals surface area contributed by atoms with Crippen LogP contribution >= 0.6 is 11.3 Å². The molecule has 1 atom stereocenters. The van der Waals surface area contributed by atoms with Crippen molar-refractivity contribution in [2.45, 2.75) is 18.9 Å². The molecule has 0 saturated carbocycles. The third kappa shape index (κ3) is 3.28. The molecule has 0 radical (unpaired) electrons. The average Bonchev–Trinajstić information content (AvgIpc) is 2.81. The maximum atomic E-state index is 13.2. The van der Waals surface area contributed by atoms with Gasteiger partial charge in [-0.3, -0.25) is 0 Å². The highest BCUT2D eigenvalue weighted by molar-refractivity contribution is 7.17. The van der Waals surface area contributed by atoms with Crippen LogP contribution in [0.5, 0.6) is 0 Å². The Morgan fingerprint density at radius 1 is 1.00 bits per heavy atom. The molecule has 2 aromatic carbocycles. The Labute approximate surface area is 126 Å². The third-order valence-electron chi connectivity index (χ3n) is 3.46.